The van der Waals surface area contributed by atoms with E-state index in [-0.39, 0.29) is 11.7 Å². The van der Waals surface area contributed by atoms with Crippen molar-refractivity contribution in [2.24, 2.45) is 5.10 Å². The van der Waals surface area contributed by atoms with E-state index in [0.29, 0.717) is 23.1 Å². The number of nitrogens with one attached hydrogen (secondary N) is 1. The summed E-state index contributed by atoms with van der Waals surface area (Å²) in [5.41, 5.74) is 6.34. The molecule has 1 heterocycles. The van der Waals surface area contributed by atoms with E-state index >= 15 is 0 Å². The number of aromatic nitrogens is 1. The second-order valence-electron chi connectivity index (χ2n) is 7.71. The number of amides is 1. The van der Waals surface area contributed by atoms with E-state index in [0.717, 1.165) is 32.1 Å². The summed E-state index contributed by atoms with van der Waals surface area (Å²) in [5, 5.41) is 6.72. The molecule has 6 nitrogen and oxygen atoms in total. The lowest BCUT2D eigenvalue weighted by Gasteiger charge is -2.13. The van der Waals surface area contributed by atoms with Crippen LogP contribution in [0.5, 0.6) is 11.5 Å². The summed E-state index contributed by atoms with van der Waals surface area (Å²) in [7, 11) is 1.59. The molecule has 4 rings (SSSR count). The topological polar surface area (TPSA) is 72.8 Å². The van der Waals surface area contributed by atoms with Crippen LogP contribution < -0.4 is 14.9 Å². The SMILES string of the molecule is COc1cc(/C=N/NC(=O)CSc2nc(-c3ccc(Cl)cc3)cs2)cc(Br)c1OCCc1ccccc1. The summed E-state index contributed by atoms with van der Waals surface area (Å²) < 4.78 is 13.0. The van der Waals surface area contributed by atoms with Crippen LogP contribution in [0.25, 0.3) is 11.3 Å². The number of hydrazone groups is 1. The standard InChI is InChI=1S/C27H23BrClN3O3S2/c1-34-24-14-19(13-22(28)26(24)35-12-11-18-5-3-2-4-6-18)15-30-32-25(33)17-37-27-31-23(16-36-27)20-7-9-21(29)10-8-20/h2-10,13-16H,11-12,17H2,1H3,(H,32,33)/b30-15+. The van der Waals surface area contributed by atoms with Crippen molar-refractivity contribution in [3.05, 3.63) is 92.7 Å². The summed E-state index contributed by atoms with van der Waals surface area (Å²) in [6, 6.07) is 21.3. The Kier molecular flexibility index (Phi) is 10.0. The Morgan fingerprint density at radius 1 is 1.19 bits per heavy atom. The minimum absolute atomic E-state index is 0.201. The van der Waals surface area contributed by atoms with Gasteiger partial charge in [0.2, 0.25) is 0 Å². The van der Waals surface area contributed by atoms with Gasteiger partial charge in [0.25, 0.3) is 5.91 Å². The van der Waals surface area contributed by atoms with Crippen LogP contribution in [0.3, 0.4) is 0 Å². The van der Waals surface area contributed by atoms with Crippen LogP contribution in [-0.4, -0.2) is 36.6 Å². The van der Waals surface area contributed by atoms with Gasteiger partial charge in [0.05, 0.1) is 35.9 Å². The van der Waals surface area contributed by atoms with E-state index in [2.05, 4.69) is 43.6 Å². The molecule has 190 valence electrons. The van der Waals surface area contributed by atoms with E-state index in [1.165, 1.54) is 28.7 Å². The van der Waals surface area contributed by atoms with Crippen molar-refractivity contribution in [3.63, 3.8) is 0 Å². The Labute approximate surface area is 237 Å². The lowest BCUT2D eigenvalue weighted by molar-refractivity contribution is -0.118. The molecule has 0 spiro atoms. The predicted molar refractivity (Wildman–Crippen MR) is 155 cm³/mol. The zero-order valence-electron chi connectivity index (χ0n) is 19.8. The van der Waals surface area contributed by atoms with Crippen molar-refractivity contribution in [2.45, 2.75) is 10.8 Å². The van der Waals surface area contributed by atoms with Crippen molar-refractivity contribution in [1.82, 2.24) is 10.4 Å². The molecule has 4 aromatic rings. The Morgan fingerprint density at radius 2 is 1.97 bits per heavy atom. The monoisotopic (exact) mass is 615 g/mol. The van der Waals surface area contributed by atoms with E-state index in [4.69, 9.17) is 21.1 Å². The van der Waals surface area contributed by atoms with Crippen LogP contribution in [0.1, 0.15) is 11.1 Å². The van der Waals surface area contributed by atoms with Crippen LogP contribution >= 0.6 is 50.6 Å². The Bertz CT molecular complexity index is 1370. The Hall–Kier alpha value is -2.85. The highest BCUT2D eigenvalue weighted by molar-refractivity contribution is 9.10. The normalized spacial score (nSPS) is 11.0. The average Bonchev–Trinajstić information content (AvgIpc) is 3.38. The highest BCUT2D eigenvalue weighted by Gasteiger charge is 2.12. The largest absolute Gasteiger partial charge is 0.493 e. The van der Waals surface area contributed by atoms with E-state index in [1.54, 1.807) is 19.4 Å². The van der Waals surface area contributed by atoms with Gasteiger partial charge in [-0.2, -0.15) is 5.10 Å². The molecule has 0 radical (unpaired) electrons. The van der Waals surface area contributed by atoms with Crippen molar-refractivity contribution in [1.29, 1.82) is 0 Å². The quantitative estimate of drug-likeness (QED) is 0.111. The molecular formula is C27H23BrClN3O3S2. The van der Waals surface area contributed by atoms with Gasteiger partial charge in [0.15, 0.2) is 15.8 Å². The number of halogens is 2. The fraction of sp³-hybridized carbons (Fsp3) is 0.148. The fourth-order valence-corrected chi connectivity index (χ4v) is 5.61. The molecule has 0 unspecified atom stereocenters. The van der Waals surface area contributed by atoms with Crippen LogP contribution in [0.15, 0.2) is 86.0 Å². The van der Waals surface area contributed by atoms with Crippen molar-refractivity contribution in [3.8, 4) is 22.8 Å². The van der Waals surface area contributed by atoms with E-state index < -0.39 is 0 Å². The molecule has 0 fully saturated rings. The molecule has 0 bridgehead atoms. The summed E-state index contributed by atoms with van der Waals surface area (Å²) in [6.45, 7) is 0.514. The number of hydrogen-bond acceptors (Lipinski definition) is 7. The van der Waals surface area contributed by atoms with Crippen LogP contribution in [-0.2, 0) is 11.2 Å². The molecule has 1 aromatic heterocycles. The molecule has 3 aromatic carbocycles. The third-order valence-corrected chi connectivity index (χ3v) is 7.95. The van der Waals surface area contributed by atoms with Crippen LogP contribution in [0.2, 0.25) is 5.02 Å². The van der Waals surface area contributed by atoms with Gasteiger partial charge in [-0.25, -0.2) is 10.4 Å². The van der Waals surface area contributed by atoms with Crippen molar-refractivity contribution >= 4 is 62.8 Å². The van der Waals surface area contributed by atoms with Crippen molar-refractivity contribution in [2.75, 3.05) is 19.5 Å². The van der Waals surface area contributed by atoms with Gasteiger partial charge in [-0.05, 0) is 51.3 Å². The second-order valence-corrected chi connectivity index (χ2v) is 11.1. The number of ether oxygens (including phenoxy) is 2. The maximum atomic E-state index is 12.3. The third kappa shape index (κ3) is 8.07. The first-order valence-electron chi connectivity index (χ1n) is 11.2. The number of rotatable bonds is 11. The number of nitrogens with zero attached hydrogens (tertiary/aromatic N) is 2. The molecule has 0 saturated heterocycles. The summed E-state index contributed by atoms with van der Waals surface area (Å²) in [5.74, 6) is 1.17. The molecule has 37 heavy (non-hydrogen) atoms. The molecule has 0 atom stereocenters. The number of thiazole rings is 1. The predicted octanol–water partition coefficient (Wildman–Crippen LogP) is 7.10. The fourth-order valence-electron chi connectivity index (χ4n) is 3.29. The first kappa shape index (κ1) is 27.2. The van der Waals surface area contributed by atoms with Crippen LogP contribution in [0.4, 0.5) is 0 Å². The zero-order valence-corrected chi connectivity index (χ0v) is 23.8. The average molecular weight is 617 g/mol. The minimum Gasteiger partial charge on any atom is -0.493 e. The van der Waals surface area contributed by atoms with Gasteiger partial charge in [-0.3, -0.25) is 4.79 Å². The van der Waals surface area contributed by atoms with Gasteiger partial charge in [-0.1, -0.05) is 65.8 Å². The molecule has 10 heteroatoms. The van der Waals surface area contributed by atoms with Gasteiger partial charge in [0, 0.05) is 22.4 Å². The first-order valence-corrected chi connectivity index (χ1v) is 14.3. The lowest BCUT2D eigenvalue weighted by Crippen LogP contribution is -2.19. The first-order chi connectivity index (χ1) is 18.0. The third-order valence-electron chi connectivity index (χ3n) is 5.08. The van der Waals surface area contributed by atoms with Gasteiger partial charge < -0.3 is 9.47 Å². The lowest BCUT2D eigenvalue weighted by atomic mass is 10.2. The summed E-state index contributed by atoms with van der Waals surface area (Å²) >= 11 is 12.3. The molecule has 0 saturated carbocycles. The Morgan fingerprint density at radius 3 is 2.73 bits per heavy atom. The van der Waals surface area contributed by atoms with Gasteiger partial charge in [-0.15, -0.1) is 11.3 Å². The number of hydrogen-bond donors (Lipinski definition) is 1. The number of benzene rings is 3. The summed E-state index contributed by atoms with van der Waals surface area (Å²) in [6.07, 6.45) is 2.35. The highest BCUT2D eigenvalue weighted by Crippen LogP contribution is 2.36. The number of carbonyl (C=O) groups excluding carboxylic acids is 1. The molecule has 1 amide bonds. The molecule has 1 N–H and O–H groups in total. The van der Waals surface area contributed by atoms with Crippen LogP contribution in [0, 0.1) is 0 Å². The highest BCUT2D eigenvalue weighted by atomic mass is 79.9. The summed E-state index contributed by atoms with van der Waals surface area (Å²) in [4.78, 5) is 16.8. The zero-order chi connectivity index (χ0) is 26.0. The molecular weight excluding hydrogens is 594 g/mol. The van der Waals surface area contributed by atoms with E-state index in [9.17, 15) is 4.79 Å². The number of carbonyl (C=O) groups is 1. The molecule has 0 aliphatic carbocycles. The van der Waals surface area contributed by atoms with Crippen molar-refractivity contribution < 1.29 is 14.3 Å². The van der Waals surface area contributed by atoms with Gasteiger partial charge >= 0.3 is 0 Å². The maximum absolute atomic E-state index is 12.3. The van der Waals surface area contributed by atoms with E-state index in [1.807, 2.05) is 53.9 Å². The number of methoxy groups -OCH3 is 1. The molecule has 0 aliphatic rings. The maximum Gasteiger partial charge on any atom is 0.250 e. The molecule has 0 aliphatic heterocycles. The Balaban J connectivity index is 1.27. The minimum atomic E-state index is -0.226. The smallest absolute Gasteiger partial charge is 0.250 e. The number of thioether (sulfide) groups is 1. The van der Waals surface area contributed by atoms with Gasteiger partial charge in [0.1, 0.15) is 0 Å². The second kappa shape index (κ2) is 13.6.